The summed E-state index contributed by atoms with van der Waals surface area (Å²) in [7, 11) is 1.39. The number of carbonyl (C=O) groups is 4. The molecule has 1 fully saturated rings. The fourth-order valence-corrected chi connectivity index (χ4v) is 3.98. The van der Waals surface area contributed by atoms with Crippen molar-refractivity contribution in [2.24, 2.45) is 0 Å². The van der Waals surface area contributed by atoms with Crippen molar-refractivity contribution in [3.8, 4) is 5.75 Å². The van der Waals surface area contributed by atoms with Crippen molar-refractivity contribution >= 4 is 24.1 Å². The number of hydrogen-bond donors (Lipinski definition) is 4. The number of rotatable bonds is 11. The molecule has 194 valence electrons. The van der Waals surface area contributed by atoms with Crippen LogP contribution in [0.2, 0.25) is 0 Å². The molecule has 1 heterocycles. The number of amides is 2. The number of nitrogens with one attached hydrogen (secondary N) is 2. The zero-order valence-corrected chi connectivity index (χ0v) is 19.2. The molecule has 4 N–H and O–H groups in total. The molecule has 2 amide bonds. The van der Waals surface area contributed by atoms with Crippen LogP contribution < -0.4 is 15.4 Å². The summed E-state index contributed by atoms with van der Waals surface area (Å²) in [4.78, 5) is 48.6. The maximum atomic E-state index is 13.3. The second-order valence-corrected chi connectivity index (χ2v) is 8.15. The van der Waals surface area contributed by atoms with E-state index in [1.807, 2.05) is 0 Å². The third-order valence-electron chi connectivity index (χ3n) is 5.66. The molecule has 0 spiro atoms. The zero-order chi connectivity index (χ0) is 26.3. The Morgan fingerprint density at radius 2 is 2.00 bits per heavy atom. The van der Waals surface area contributed by atoms with Gasteiger partial charge in [0.25, 0.3) is 0 Å². The highest BCUT2D eigenvalue weighted by Crippen LogP contribution is 2.29. The lowest BCUT2D eigenvalue weighted by Gasteiger charge is -2.31. The first-order valence-corrected chi connectivity index (χ1v) is 10.8. The van der Waals surface area contributed by atoms with Crippen LogP contribution in [0.15, 0.2) is 18.2 Å². The van der Waals surface area contributed by atoms with Gasteiger partial charge in [-0.2, -0.15) is 13.2 Å². The number of ether oxygens (including phenoxy) is 1. The first-order valence-electron chi connectivity index (χ1n) is 10.8. The van der Waals surface area contributed by atoms with Crippen molar-refractivity contribution in [3.05, 3.63) is 29.3 Å². The van der Waals surface area contributed by atoms with Gasteiger partial charge in [-0.15, -0.1) is 0 Å². The number of carboxylic acid groups (broad SMARTS) is 1. The van der Waals surface area contributed by atoms with Crippen LogP contribution in [-0.4, -0.2) is 77.1 Å². The summed E-state index contributed by atoms with van der Waals surface area (Å²) in [6.07, 6.45) is -8.04. The number of alkyl halides is 3. The molecule has 13 heteroatoms. The average Bonchev–Trinajstić information content (AvgIpc) is 3.26. The minimum absolute atomic E-state index is 0.0219. The third-order valence-corrected chi connectivity index (χ3v) is 5.66. The number of aliphatic carboxylic acids is 1. The number of halogens is 3. The van der Waals surface area contributed by atoms with Crippen molar-refractivity contribution < 1.29 is 47.3 Å². The molecule has 1 unspecified atom stereocenters. The lowest BCUT2D eigenvalue weighted by atomic mass is 10.0. The molecule has 1 aromatic carbocycles. The lowest BCUT2D eigenvalue weighted by molar-refractivity contribution is -0.158. The van der Waals surface area contributed by atoms with Crippen LogP contribution >= 0.6 is 0 Å². The van der Waals surface area contributed by atoms with E-state index in [1.54, 1.807) is 13.0 Å². The number of aliphatic hydroxyl groups is 1. The Morgan fingerprint density at radius 3 is 2.57 bits per heavy atom. The van der Waals surface area contributed by atoms with Crippen LogP contribution in [0.5, 0.6) is 5.75 Å². The van der Waals surface area contributed by atoms with Crippen LogP contribution in [0, 0.1) is 6.92 Å². The molecule has 0 aliphatic carbocycles. The third kappa shape index (κ3) is 7.65. The largest absolute Gasteiger partial charge is 0.496 e. The van der Waals surface area contributed by atoms with Gasteiger partial charge >= 0.3 is 12.1 Å². The van der Waals surface area contributed by atoms with Gasteiger partial charge in [0.1, 0.15) is 24.3 Å². The van der Waals surface area contributed by atoms with Crippen LogP contribution in [0.3, 0.4) is 0 Å². The molecule has 0 saturated carbocycles. The molecule has 35 heavy (non-hydrogen) atoms. The van der Waals surface area contributed by atoms with E-state index in [0.717, 1.165) is 4.90 Å². The van der Waals surface area contributed by atoms with Gasteiger partial charge < -0.3 is 30.0 Å². The Balaban J connectivity index is 2.24. The number of benzene rings is 1. The minimum atomic E-state index is -4.77. The molecule has 4 atom stereocenters. The van der Waals surface area contributed by atoms with E-state index >= 15 is 0 Å². The van der Waals surface area contributed by atoms with E-state index in [2.05, 4.69) is 10.6 Å². The van der Waals surface area contributed by atoms with Crippen LogP contribution in [0.1, 0.15) is 43.0 Å². The highest BCUT2D eigenvalue weighted by Gasteiger charge is 2.42. The first-order chi connectivity index (χ1) is 16.4. The fourth-order valence-electron chi connectivity index (χ4n) is 3.98. The molecule has 10 nitrogen and oxygen atoms in total. The Bertz CT molecular complexity index is 941. The van der Waals surface area contributed by atoms with E-state index < -0.39 is 61.2 Å². The first kappa shape index (κ1) is 28.1. The van der Waals surface area contributed by atoms with Crippen molar-refractivity contribution in [1.29, 1.82) is 0 Å². The van der Waals surface area contributed by atoms with Gasteiger partial charge in [0, 0.05) is 12.1 Å². The lowest BCUT2D eigenvalue weighted by Crippen LogP contribution is -2.55. The van der Waals surface area contributed by atoms with Crippen LogP contribution in [-0.2, 0) is 19.2 Å². The van der Waals surface area contributed by atoms with E-state index in [9.17, 15) is 37.5 Å². The number of aldehydes is 1. The van der Waals surface area contributed by atoms with Gasteiger partial charge in [-0.1, -0.05) is 12.1 Å². The van der Waals surface area contributed by atoms with Crippen LogP contribution in [0.4, 0.5) is 13.2 Å². The van der Waals surface area contributed by atoms with E-state index in [0.29, 0.717) is 17.7 Å². The van der Waals surface area contributed by atoms with E-state index in [-0.39, 0.29) is 24.8 Å². The number of carbonyl (C=O) groups excluding carboxylic acids is 3. The van der Waals surface area contributed by atoms with E-state index in [1.165, 1.54) is 19.2 Å². The molecule has 0 radical (unpaired) electrons. The second-order valence-electron chi connectivity index (χ2n) is 8.15. The number of methoxy groups -OCH3 is 1. The Labute approximate surface area is 199 Å². The van der Waals surface area contributed by atoms with Crippen molar-refractivity contribution in [3.63, 3.8) is 0 Å². The summed E-state index contributed by atoms with van der Waals surface area (Å²) in [6.45, 7) is 1.58. The highest BCUT2D eigenvalue weighted by molar-refractivity contribution is 5.92. The second kappa shape index (κ2) is 12.0. The van der Waals surface area contributed by atoms with Gasteiger partial charge in [-0.3, -0.25) is 19.7 Å². The monoisotopic (exact) mass is 503 g/mol. The Hall–Kier alpha value is -3.19. The summed E-state index contributed by atoms with van der Waals surface area (Å²) in [5.41, 5.74) is 0.674. The summed E-state index contributed by atoms with van der Waals surface area (Å²) in [5, 5.41) is 24.0. The summed E-state index contributed by atoms with van der Waals surface area (Å²) in [5.74, 6) is -2.84. The molecular weight excluding hydrogens is 475 g/mol. The molecule has 1 aliphatic rings. The highest BCUT2D eigenvalue weighted by atomic mass is 19.4. The number of hydrogen-bond acceptors (Lipinski definition) is 7. The summed E-state index contributed by atoms with van der Waals surface area (Å²) in [6, 6.07) is 0.164. The van der Waals surface area contributed by atoms with Crippen molar-refractivity contribution in [2.75, 3.05) is 13.7 Å². The predicted molar refractivity (Wildman–Crippen MR) is 115 cm³/mol. The van der Waals surface area contributed by atoms with Gasteiger partial charge in [0.2, 0.25) is 11.8 Å². The molecule has 0 bridgehead atoms. The zero-order valence-electron chi connectivity index (χ0n) is 19.2. The van der Waals surface area contributed by atoms with Gasteiger partial charge in [-0.05, 0) is 31.4 Å². The quantitative estimate of drug-likeness (QED) is 0.259. The van der Waals surface area contributed by atoms with Crippen LogP contribution in [0.25, 0.3) is 0 Å². The molecule has 1 aliphatic heterocycles. The smallest absolute Gasteiger partial charge is 0.391 e. The molecular formula is C22H28F3N3O7. The maximum absolute atomic E-state index is 13.3. The standard InChI is InChI=1S/C22H28F3N3O7/c1-12-14(5-3-7-17(12)35-2)19(32)27-15(10-22(23,24)25)21(34)28-8-4-6-16(28)20(33)26-13(11-29)9-18(30)31/h3,5,7,11,13,15-16,19,27,32H,4,6,8-10H2,1-2H3,(H,26,33)(H,30,31)/t13-,15-,16-,19?/m0/s1. The van der Waals surface area contributed by atoms with Gasteiger partial charge in [0.05, 0.1) is 32.0 Å². The van der Waals surface area contributed by atoms with E-state index in [4.69, 9.17) is 9.84 Å². The number of carboxylic acids is 1. The molecule has 0 aromatic heterocycles. The number of likely N-dealkylation sites (tertiary alicyclic amines) is 1. The number of nitrogens with zero attached hydrogens (tertiary/aromatic N) is 1. The predicted octanol–water partition coefficient (Wildman–Crippen LogP) is 1.05. The Kier molecular flexibility index (Phi) is 9.60. The topological polar surface area (TPSA) is 145 Å². The molecule has 1 saturated heterocycles. The van der Waals surface area contributed by atoms with Gasteiger partial charge in [-0.25, -0.2) is 0 Å². The maximum Gasteiger partial charge on any atom is 0.391 e. The normalized spacial score (nSPS) is 18.5. The minimum Gasteiger partial charge on any atom is -0.496 e. The Morgan fingerprint density at radius 1 is 1.31 bits per heavy atom. The average molecular weight is 503 g/mol. The van der Waals surface area contributed by atoms with Gasteiger partial charge in [0.15, 0.2) is 0 Å². The van der Waals surface area contributed by atoms with Crippen molar-refractivity contribution in [2.45, 2.75) is 63.1 Å². The molecule has 1 aromatic rings. The SMILES string of the molecule is COc1cccc(C(O)N[C@@H](CC(F)(F)F)C(=O)N2CCC[C@H]2C(=O)N[C@H](C=O)CC(=O)O)c1C. The summed E-state index contributed by atoms with van der Waals surface area (Å²) < 4.78 is 45.1. The van der Waals surface area contributed by atoms with Crippen molar-refractivity contribution in [1.82, 2.24) is 15.5 Å². The number of aliphatic hydroxyl groups excluding tert-OH is 1. The summed E-state index contributed by atoms with van der Waals surface area (Å²) >= 11 is 0. The molecule has 2 rings (SSSR count). The fraction of sp³-hybridized carbons (Fsp3) is 0.545.